The number of carbonyl (C=O) groups excluding carboxylic acids is 1. The Balaban J connectivity index is 2.32. The first-order valence-corrected chi connectivity index (χ1v) is 19.1. The summed E-state index contributed by atoms with van der Waals surface area (Å²) < 4.78 is 11.1. The molecule has 1 aliphatic heterocycles. The summed E-state index contributed by atoms with van der Waals surface area (Å²) in [6, 6.07) is -0.812. The number of hydrogen-bond acceptors (Lipinski definition) is 8. The van der Waals surface area contributed by atoms with Crippen LogP contribution < -0.4 is 5.32 Å². The fourth-order valence-electron chi connectivity index (χ4n) is 5.88. The van der Waals surface area contributed by atoms with Gasteiger partial charge in [0.15, 0.2) is 6.29 Å². The van der Waals surface area contributed by atoms with E-state index in [2.05, 4.69) is 31.3 Å². The van der Waals surface area contributed by atoms with Crippen molar-refractivity contribution in [2.75, 3.05) is 13.2 Å². The summed E-state index contributed by atoms with van der Waals surface area (Å²) >= 11 is 0. The highest BCUT2D eigenvalue weighted by molar-refractivity contribution is 5.76. The molecule has 9 heteroatoms. The smallest absolute Gasteiger partial charge is 0.220 e. The second kappa shape index (κ2) is 29.6. The number of aliphatic hydroxyl groups is 5. The number of allylic oxidation sites excluding steroid dienone is 3. The van der Waals surface area contributed by atoms with Gasteiger partial charge in [-0.25, -0.2) is 0 Å². The third kappa shape index (κ3) is 21.4. The number of unbranched alkanes of at least 4 members (excludes halogenated alkanes) is 18. The van der Waals surface area contributed by atoms with Gasteiger partial charge in [0.25, 0.3) is 0 Å². The van der Waals surface area contributed by atoms with E-state index in [0.29, 0.717) is 6.42 Å². The maximum absolute atomic E-state index is 12.6. The summed E-state index contributed by atoms with van der Waals surface area (Å²) in [6.07, 6.45) is 25.8. The van der Waals surface area contributed by atoms with Gasteiger partial charge in [-0.2, -0.15) is 0 Å². The quantitative estimate of drug-likeness (QED) is 0.0381. The maximum atomic E-state index is 12.6. The van der Waals surface area contributed by atoms with Crippen LogP contribution in [0.5, 0.6) is 0 Å². The van der Waals surface area contributed by atoms with Crippen molar-refractivity contribution in [3.8, 4) is 0 Å². The van der Waals surface area contributed by atoms with Gasteiger partial charge in [0, 0.05) is 6.42 Å². The van der Waals surface area contributed by atoms with Crippen LogP contribution in [0, 0.1) is 0 Å². The molecule has 1 fully saturated rings. The minimum absolute atomic E-state index is 0.200. The lowest BCUT2D eigenvalue weighted by Gasteiger charge is -2.40. The van der Waals surface area contributed by atoms with Crippen molar-refractivity contribution in [1.29, 1.82) is 0 Å². The standard InChI is InChI=1S/C38H71NO8/c1-3-5-7-9-10-11-12-13-14-15-16-17-18-19-20-21-22-23-24-25-27-32(41)31(39-34(42)28-26-8-6-4-2)30-46-38-37(45)36(44)35(43)33(29-40)47-38/h21-22,25,27,31-33,35-38,40-41,43-45H,3-20,23-24,26,28-30H2,1-2H3,(H,39,42)/b22-21+,27-25+. The molecule has 9 nitrogen and oxygen atoms in total. The lowest BCUT2D eigenvalue weighted by Crippen LogP contribution is -2.60. The summed E-state index contributed by atoms with van der Waals surface area (Å²) in [7, 11) is 0. The third-order valence-corrected chi connectivity index (χ3v) is 9.03. The third-order valence-electron chi connectivity index (χ3n) is 9.03. The second-order valence-corrected chi connectivity index (χ2v) is 13.4. The van der Waals surface area contributed by atoms with E-state index in [9.17, 15) is 30.3 Å². The number of hydrogen-bond donors (Lipinski definition) is 6. The highest BCUT2D eigenvalue weighted by Gasteiger charge is 2.44. The number of ether oxygens (including phenoxy) is 2. The van der Waals surface area contributed by atoms with Crippen LogP contribution in [0.4, 0.5) is 0 Å². The van der Waals surface area contributed by atoms with Crippen LogP contribution in [0.15, 0.2) is 24.3 Å². The second-order valence-electron chi connectivity index (χ2n) is 13.4. The van der Waals surface area contributed by atoms with Crippen molar-refractivity contribution in [1.82, 2.24) is 5.32 Å². The Hall–Kier alpha value is -1.33. The summed E-state index contributed by atoms with van der Waals surface area (Å²) in [6.45, 7) is 3.61. The fourth-order valence-corrected chi connectivity index (χ4v) is 5.88. The van der Waals surface area contributed by atoms with Gasteiger partial charge in [-0.05, 0) is 32.1 Å². The Morgan fingerprint density at radius 2 is 1.21 bits per heavy atom. The Morgan fingerprint density at radius 1 is 0.702 bits per heavy atom. The molecule has 1 rings (SSSR count). The van der Waals surface area contributed by atoms with Gasteiger partial charge in [-0.15, -0.1) is 0 Å². The van der Waals surface area contributed by atoms with Crippen LogP contribution in [-0.4, -0.2) is 87.5 Å². The highest BCUT2D eigenvalue weighted by atomic mass is 16.7. The van der Waals surface area contributed by atoms with Crippen molar-refractivity contribution >= 4 is 5.91 Å². The molecule has 0 radical (unpaired) electrons. The van der Waals surface area contributed by atoms with Gasteiger partial charge < -0.3 is 40.3 Å². The minimum atomic E-state index is -1.57. The maximum Gasteiger partial charge on any atom is 0.220 e. The minimum Gasteiger partial charge on any atom is -0.394 e. The van der Waals surface area contributed by atoms with E-state index in [1.165, 1.54) is 89.9 Å². The van der Waals surface area contributed by atoms with E-state index in [0.717, 1.165) is 44.9 Å². The Morgan fingerprint density at radius 3 is 1.79 bits per heavy atom. The lowest BCUT2D eigenvalue weighted by molar-refractivity contribution is -0.302. The average molecular weight is 670 g/mol. The van der Waals surface area contributed by atoms with Crippen LogP contribution in [0.1, 0.15) is 155 Å². The van der Waals surface area contributed by atoms with Crippen molar-refractivity contribution in [3.05, 3.63) is 24.3 Å². The van der Waals surface area contributed by atoms with Crippen molar-refractivity contribution in [2.45, 2.75) is 198 Å². The van der Waals surface area contributed by atoms with Crippen LogP contribution in [-0.2, 0) is 14.3 Å². The Labute approximate surface area is 286 Å². The number of amides is 1. The first-order chi connectivity index (χ1) is 22.8. The van der Waals surface area contributed by atoms with Gasteiger partial charge in [-0.1, -0.05) is 141 Å². The molecule has 0 spiro atoms. The predicted molar refractivity (Wildman–Crippen MR) is 189 cm³/mol. The zero-order valence-corrected chi connectivity index (χ0v) is 29.8. The van der Waals surface area contributed by atoms with Gasteiger partial charge in [0.1, 0.15) is 24.4 Å². The summed E-state index contributed by atoms with van der Waals surface area (Å²) in [5.74, 6) is -0.206. The SMILES string of the molecule is CCCCCCCCCCCCCCCC/C=C/CC/C=C/C(O)C(COC1OC(CO)C(O)C(O)C1O)NC(=O)CCCCCC. The van der Waals surface area contributed by atoms with Crippen LogP contribution >= 0.6 is 0 Å². The molecule has 7 atom stereocenters. The first kappa shape index (κ1) is 43.7. The van der Waals surface area contributed by atoms with Crippen molar-refractivity contribution in [2.24, 2.45) is 0 Å². The van der Waals surface area contributed by atoms with E-state index in [1.54, 1.807) is 6.08 Å². The molecule has 1 heterocycles. The van der Waals surface area contributed by atoms with E-state index < -0.39 is 49.5 Å². The number of aliphatic hydroxyl groups excluding tert-OH is 5. The normalized spacial score (nSPS) is 23.1. The summed E-state index contributed by atoms with van der Waals surface area (Å²) in [4.78, 5) is 12.6. The molecule has 0 bridgehead atoms. The molecule has 1 amide bonds. The van der Waals surface area contributed by atoms with Crippen molar-refractivity contribution < 1.29 is 39.8 Å². The number of nitrogens with one attached hydrogen (secondary N) is 1. The molecular formula is C38H71NO8. The van der Waals surface area contributed by atoms with E-state index in [-0.39, 0.29) is 12.5 Å². The fraction of sp³-hybridized carbons (Fsp3) is 0.868. The average Bonchev–Trinajstić information content (AvgIpc) is 3.07. The van der Waals surface area contributed by atoms with E-state index >= 15 is 0 Å². The molecule has 0 aliphatic carbocycles. The number of carbonyl (C=O) groups is 1. The van der Waals surface area contributed by atoms with E-state index in [4.69, 9.17) is 9.47 Å². The topological polar surface area (TPSA) is 149 Å². The van der Waals surface area contributed by atoms with Gasteiger partial charge in [0.2, 0.25) is 5.91 Å². The zero-order valence-electron chi connectivity index (χ0n) is 29.8. The lowest BCUT2D eigenvalue weighted by atomic mass is 9.99. The van der Waals surface area contributed by atoms with Gasteiger partial charge in [-0.3, -0.25) is 4.79 Å². The molecule has 0 aromatic carbocycles. The molecule has 47 heavy (non-hydrogen) atoms. The van der Waals surface area contributed by atoms with Gasteiger partial charge in [0.05, 0.1) is 25.4 Å². The van der Waals surface area contributed by atoms with Crippen LogP contribution in [0.3, 0.4) is 0 Å². The largest absolute Gasteiger partial charge is 0.394 e. The molecule has 0 aromatic rings. The first-order valence-electron chi connectivity index (χ1n) is 19.1. The molecule has 1 aliphatic rings. The molecule has 0 saturated carbocycles. The van der Waals surface area contributed by atoms with Crippen LogP contribution in [0.2, 0.25) is 0 Å². The summed E-state index contributed by atoms with van der Waals surface area (Å²) in [5.41, 5.74) is 0. The molecule has 0 aromatic heterocycles. The van der Waals surface area contributed by atoms with Gasteiger partial charge >= 0.3 is 0 Å². The molecule has 1 saturated heterocycles. The molecule has 7 unspecified atom stereocenters. The molecular weight excluding hydrogens is 598 g/mol. The zero-order chi connectivity index (χ0) is 34.5. The molecule has 6 N–H and O–H groups in total. The predicted octanol–water partition coefficient (Wildman–Crippen LogP) is 6.38. The molecule has 276 valence electrons. The monoisotopic (exact) mass is 670 g/mol. The van der Waals surface area contributed by atoms with Crippen LogP contribution in [0.25, 0.3) is 0 Å². The van der Waals surface area contributed by atoms with E-state index in [1.807, 2.05) is 6.08 Å². The van der Waals surface area contributed by atoms with Crippen molar-refractivity contribution in [3.63, 3.8) is 0 Å². The highest BCUT2D eigenvalue weighted by Crippen LogP contribution is 2.22. The Bertz CT molecular complexity index is 792. The number of rotatable bonds is 30. The Kier molecular flexibility index (Phi) is 27.5. The summed E-state index contributed by atoms with van der Waals surface area (Å²) in [5, 5.41) is 53.5.